The van der Waals surface area contributed by atoms with Gasteiger partial charge in [-0.2, -0.15) is 0 Å². The van der Waals surface area contributed by atoms with E-state index in [1.54, 1.807) is 0 Å². The van der Waals surface area contributed by atoms with Crippen molar-refractivity contribution in [2.45, 2.75) is 44.8 Å². The van der Waals surface area contributed by atoms with Gasteiger partial charge in [0.25, 0.3) is 0 Å². The van der Waals surface area contributed by atoms with Crippen LogP contribution in [0.2, 0.25) is 5.02 Å². The Bertz CT molecular complexity index is 399. The summed E-state index contributed by atoms with van der Waals surface area (Å²) in [6.45, 7) is 6.88. The summed E-state index contributed by atoms with van der Waals surface area (Å²) in [5, 5.41) is 13.9. The van der Waals surface area contributed by atoms with Crippen LogP contribution in [0.1, 0.15) is 38.3 Å². The summed E-state index contributed by atoms with van der Waals surface area (Å²) in [7, 11) is 0. The number of aliphatic hydroxyl groups excluding tert-OH is 1. The quantitative estimate of drug-likeness (QED) is 0.877. The second-order valence-corrected chi connectivity index (χ2v) is 6.29. The van der Waals surface area contributed by atoms with Crippen molar-refractivity contribution in [3.05, 3.63) is 34.9 Å². The molecule has 4 heteroatoms. The molecule has 1 aliphatic rings. The van der Waals surface area contributed by atoms with Crippen LogP contribution >= 0.6 is 11.6 Å². The number of aliphatic hydroxyl groups is 1. The molecule has 1 aromatic rings. The van der Waals surface area contributed by atoms with E-state index in [1.807, 2.05) is 24.3 Å². The molecule has 2 N–H and O–H groups in total. The Morgan fingerprint density at radius 2 is 1.85 bits per heavy atom. The molecule has 1 aliphatic heterocycles. The molecule has 112 valence electrons. The fraction of sp³-hybridized carbons (Fsp3) is 0.625. The van der Waals surface area contributed by atoms with Crippen LogP contribution in [0.4, 0.5) is 0 Å². The van der Waals surface area contributed by atoms with E-state index in [0.29, 0.717) is 12.1 Å². The fourth-order valence-corrected chi connectivity index (χ4v) is 2.94. The predicted octanol–water partition coefficient (Wildman–Crippen LogP) is 2.84. The molecule has 1 atom stereocenters. The second kappa shape index (κ2) is 7.41. The molecule has 3 nitrogen and oxygen atoms in total. The third kappa shape index (κ3) is 4.19. The number of benzene rings is 1. The first-order valence-corrected chi connectivity index (χ1v) is 7.84. The van der Waals surface area contributed by atoms with Gasteiger partial charge in [-0.15, -0.1) is 0 Å². The molecule has 1 saturated heterocycles. The highest BCUT2D eigenvalue weighted by molar-refractivity contribution is 6.30. The predicted molar refractivity (Wildman–Crippen MR) is 84.1 cm³/mol. The lowest BCUT2D eigenvalue weighted by molar-refractivity contribution is 0.146. The minimum Gasteiger partial charge on any atom is -0.394 e. The first kappa shape index (κ1) is 15.8. The van der Waals surface area contributed by atoms with Crippen molar-refractivity contribution in [2.75, 3.05) is 19.7 Å². The van der Waals surface area contributed by atoms with E-state index in [1.165, 1.54) is 0 Å². The van der Waals surface area contributed by atoms with Crippen molar-refractivity contribution in [1.29, 1.82) is 0 Å². The van der Waals surface area contributed by atoms with Gasteiger partial charge in [0.15, 0.2) is 0 Å². The van der Waals surface area contributed by atoms with Gasteiger partial charge in [0.05, 0.1) is 12.6 Å². The summed E-state index contributed by atoms with van der Waals surface area (Å²) in [6.07, 6.45) is 2.28. The largest absolute Gasteiger partial charge is 0.394 e. The maximum atomic E-state index is 9.61. The van der Waals surface area contributed by atoms with Crippen molar-refractivity contribution in [2.24, 2.45) is 0 Å². The van der Waals surface area contributed by atoms with Crippen molar-refractivity contribution < 1.29 is 5.11 Å². The number of likely N-dealkylation sites (tertiary alicyclic amines) is 1. The smallest absolute Gasteiger partial charge is 0.0626 e. The topological polar surface area (TPSA) is 35.5 Å². The number of rotatable bonds is 5. The Kier molecular flexibility index (Phi) is 5.85. The number of hydrogen-bond acceptors (Lipinski definition) is 3. The molecule has 0 spiro atoms. The second-order valence-electron chi connectivity index (χ2n) is 5.86. The summed E-state index contributed by atoms with van der Waals surface area (Å²) < 4.78 is 0. The number of hydrogen-bond donors (Lipinski definition) is 2. The molecule has 0 unspecified atom stereocenters. The maximum Gasteiger partial charge on any atom is 0.0626 e. The highest BCUT2D eigenvalue weighted by Gasteiger charge is 2.23. The van der Waals surface area contributed by atoms with Crippen LogP contribution in [0.3, 0.4) is 0 Å². The molecular formula is C16H25ClN2O. The lowest BCUT2D eigenvalue weighted by Gasteiger charge is -2.36. The molecule has 0 saturated carbocycles. The van der Waals surface area contributed by atoms with Gasteiger partial charge in [0, 0.05) is 17.1 Å². The number of nitrogens with one attached hydrogen (secondary N) is 1. The Morgan fingerprint density at radius 3 is 2.35 bits per heavy atom. The number of halogens is 1. The summed E-state index contributed by atoms with van der Waals surface area (Å²) in [5.74, 6) is 0. The van der Waals surface area contributed by atoms with E-state index >= 15 is 0 Å². The van der Waals surface area contributed by atoms with E-state index in [9.17, 15) is 5.11 Å². The van der Waals surface area contributed by atoms with Crippen LogP contribution in [-0.4, -0.2) is 41.8 Å². The first-order valence-electron chi connectivity index (χ1n) is 7.46. The highest BCUT2D eigenvalue weighted by Crippen LogP contribution is 2.20. The van der Waals surface area contributed by atoms with Crippen molar-refractivity contribution in [3.8, 4) is 0 Å². The van der Waals surface area contributed by atoms with Crippen molar-refractivity contribution in [1.82, 2.24) is 10.2 Å². The normalized spacial score (nSPS) is 19.4. The van der Waals surface area contributed by atoms with Gasteiger partial charge in [-0.3, -0.25) is 0 Å². The summed E-state index contributed by atoms with van der Waals surface area (Å²) in [4.78, 5) is 2.51. The standard InChI is InChI=1S/C16H25ClN2O/c1-12(2)19-9-7-15(8-10-19)18-16(11-20)13-3-5-14(17)6-4-13/h3-6,12,15-16,18,20H,7-11H2,1-2H3/t16-/m1/s1. The Morgan fingerprint density at radius 1 is 1.25 bits per heavy atom. The maximum absolute atomic E-state index is 9.61. The summed E-state index contributed by atoms with van der Waals surface area (Å²) >= 11 is 5.91. The Balaban J connectivity index is 1.89. The van der Waals surface area contributed by atoms with Crippen LogP contribution in [0.5, 0.6) is 0 Å². The van der Waals surface area contributed by atoms with E-state index in [4.69, 9.17) is 11.6 Å². The van der Waals surface area contributed by atoms with E-state index < -0.39 is 0 Å². The zero-order chi connectivity index (χ0) is 14.5. The zero-order valence-corrected chi connectivity index (χ0v) is 13.1. The monoisotopic (exact) mass is 296 g/mol. The van der Waals surface area contributed by atoms with Gasteiger partial charge in [-0.25, -0.2) is 0 Å². The minimum absolute atomic E-state index is 0.00265. The van der Waals surface area contributed by atoms with Gasteiger partial charge in [0.1, 0.15) is 0 Å². The number of piperidine rings is 1. The van der Waals surface area contributed by atoms with Crippen molar-refractivity contribution in [3.63, 3.8) is 0 Å². The van der Waals surface area contributed by atoms with Gasteiger partial charge in [0.2, 0.25) is 0 Å². The molecule has 0 amide bonds. The molecular weight excluding hydrogens is 272 g/mol. The fourth-order valence-electron chi connectivity index (χ4n) is 2.82. The van der Waals surface area contributed by atoms with Crippen molar-refractivity contribution >= 4 is 11.6 Å². The average Bonchev–Trinajstić information content (AvgIpc) is 2.46. The van der Waals surface area contributed by atoms with Gasteiger partial charge >= 0.3 is 0 Å². The SMILES string of the molecule is CC(C)N1CCC(N[C@H](CO)c2ccc(Cl)cc2)CC1. The highest BCUT2D eigenvalue weighted by atomic mass is 35.5. The third-order valence-corrected chi connectivity index (χ3v) is 4.40. The average molecular weight is 297 g/mol. The molecule has 0 radical (unpaired) electrons. The lowest BCUT2D eigenvalue weighted by atomic mass is 10.0. The van der Waals surface area contributed by atoms with Crippen LogP contribution < -0.4 is 5.32 Å². The molecule has 0 bridgehead atoms. The molecule has 1 heterocycles. The summed E-state index contributed by atoms with van der Waals surface area (Å²) in [5.41, 5.74) is 1.10. The lowest BCUT2D eigenvalue weighted by Crippen LogP contribution is -2.46. The minimum atomic E-state index is 0.00265. The number of nitrogens with zero attached hydrogens (tertiary/aromatic N) is 1. The van der Waals surface area contributed by atoms with E-state index in [-0.39, 0.29) is 12.6 Å². The van der Waals surface area contributed by atoms with E-state index in [0.717, 1.165) is 36.5 Å². The van der Waals surface area contributed by atoms with Crippen LogP contribution in [-0.2, 0) is 0 Å². The summed E-state index contributed by atoms with van der Waals surface area (Å²) in [6, 6.07) is 8.84. The first-order chi connectivity index (χ1) is 9.60. The van der Waals surface area contributed by atoms with Gasteiger partial charge in [-0.05, 0) is 57.5 Å². The van der Waals surface area contributed by atoms with E-state index in [2.05, 4.69) is 24.1 Å². The molecule has 0 aliphatic carbocycles. The third-order valence-electron chi connectivity index (χ3n) is 4.15. The Labute approximate surface area is 126 Å². The molecule has 0 aromatic heterocycles. The van der Waals surface area contributed by atoms with Crippen LogP contribution in [0.25, 0.3) is 0 Å². The van der Waals surface area contributed by atoms with Crippen LogP contribution in [0.15, 0.2) is 24.3 Å². The molecule has 20 heavy (non-hydrogen) atoms. The molecule has 2 rings (SSSR count). The Hall–Kier alpha value is -0.610. The molecule has 1 fully saturated rings. The van der Waals surface area contributed by atoms with Gasteiger partial charge in [-0.1, -0.05) is 23.7 Å². The zero-order valence-electron chi connectivity index (χ0n) is 12.3. The van der Waals surface area contributed by atoms with Gasteiger partial charge < -0.3 is 15.3 Å². The molecule has 1 aromatic carbocycles. The van der Waals surface area contributed by atoms with Crippen LogP contribution in [0, 0.1) is 0 Å².